The number of rotatable bonds is 5. The summed E-state index contributed by atoms with van der Waals surface area (Å²) in [5.74, 6) is 0.911. The standard InChI is InChI=1S/C15H18N4O2/c1-10(20)17-8-13(21)9-18-12-2-3-14-11(6-12)7-15-16-4-5-19(14)15/h2-6,13,18,21H,7-9H2,1H3,(H,17,20)/t13-/m0/s1. The molecule has 0 spiro atoms. The molecule has 0 bridgehead atoms. The van der Waals surface area contributed by atoms with Gasteiger partial charge in [0.25, 0.3) is 0 Å². The third kappa shape index (κ3) is 2.90. The lowest BCUT2D eigenvalue weighted by Gasteiger charge is -2.14. The van der Waals surface area contributed by atoms with Gasteiger partial charge in [-0.05, 0) is 23.8 Å². The number of carbonyl (C=O) groups excluding carboxylic acids is 1. The van der Waals surface area contributed by atoms with Crippen molar-refractivity contribution in [3.8, 4) is 5.69 Å². The average molecular weight is 286 g/mol. The normalized spacial score (nSPS) is 13.4. The maximum absolute atomic E-state index is 10.8. The van der Waals surface area contributed by atoms with Gasteiger partial charge < -0.3 is 20.3 Å². The summed E-state index contributed by atoms with van der Waals surface area (Å²) < 4.78 is 2.09. The molecule has 1 amide bonds. The van der Waals surface area contributed by atoms with Crippen molar-refractivity contribution in [2.75, 3.05) is 18.4 Å². The van der Waals surface area contributed by atoms with Crippen LogP contribution in [0.15, 0.2) is 30.6 Å². The molecule has 1 aromatic heterocycles. The van der Waals surface area contributed by atoms with E-state index in [1.807, 2.05) is 18.5 Å². The molecule has 0 fully saturated rings. The Morgan fingerprint density at radius 2 is 2.33 bits per heavy atom. The highest BCUT2D eigenvalue weighted by Gasteiger charge is 2.18. The van der Waals surface area contributed by atoms with Crippen LogP contribution in [0.4, 0.5) is 5.69 Å². The average Bonchev–Trinajstić information content (AvgIpc) is 3.02. The predicted octanol–water partition coefficient (Wildman–Crippen LogP) is 0.685. The zero-order valence-corrected chi connectivity index (χ0v) is 11.8. The SMILES string of the molecule is CC(=O)NC[C@H](O)CNc1ccc2c(c1)Cc1nccn1-2. The van der Waals surface area contributed by atoms with Crippen molar-refractivity contribution >= 4 is 11.6 Å². The Bertz CT molecular complexity index is 665. The van der Waals surface area contributed by atoms with E-state index in [0.29, 0.717) is 6.54 Å². The minimum absolute atomic E-state index is 0.138. The summed E-state index contributed by atoms with van der Waals surface area (Å²) in [6.45, 7) is 2.08. The third-order valence-corrected chi connectivity index (χ3v) is 3.53. The summed E-state index contributed by atoms with van der Waals surface area (Å²) >= 11 is 0. The van der Waals surface area contributed by atoms with Gasteiger partial charge in [-0.1, -0.05) is 0 Å². The van der Waals surface area contributed by atoms with E-state index in [-0.39, 0.29) is 12.5 Å². The summed E-state index contributed by atoms with van der Waals surface area (Å²) in [6, 6.07) is 6.12. The van der Waals surface area contributed by atoms with E-state index in [1.165, 1.54) is 12.5 Å². The van der Waals surface area contributed by atoms with Crippen molar-refractivity contribution in [3.05, 3.63) is 42.0 Å². The lowest BCUT2D eigenvalue weighted by molar-refractivity contribution is -0.119. The summed E-state index contributed by atoms with van der Waals surface area (Å²) in [7, 11) is 0. The summed E-state index contributed by atoms with van der Waals surface area (Å²) in [4.78, 5) is 15.1. The second-order valence-electron chi connectivity index (χ2n) is 5.21. The minimum Gasteiger partial charge on any atom is -0.389 e. The first kappa shape index (κ1) is 13.6. The molecule has 3 N–H and O–H groups in total. The Kier molecular flexibility index (Phi) is 3.62. The first-order valence-electron chi connectivity index (χ1n) is 6.95. The van der Waals surface area contributed by atoms with Crippen LogP contribution in [0.5, 0.6) is 0 Å². The predicted molar refractivity (Wildman–Crippen MR) is 79.6 cm³/mol. The summed E-state index contributed by atoms with van der Waals surface area (Å²) in [5, 5.41) is 15.5. The molecule has 0 aliphatic carbocycles. The van der Waals surface area contributed by atoms with Crippen LogP contribution in [0.2, 0.25) is 0 Å². The van der Waals surface area contributed by atoms with Gasteiger partial charge in [0.1, 0.15) is 5.82 Å². The Morgan fingerprint density at radius 1 is 1.48 bits per heavy atom. The van der Waals surface area contributed by atoms with Gasteiger partial charge in [-0.15, -0.1) is 0 Å². The molecule has 3 rings (SSSR count). The third-order valence-electron chi connectivity index (χ3n) is 3.53. The zero-order chi connectivity index (χ0) is 14.8. The van der Waals surface area contributed by atoms with E-state index in [1.54, 1.807) is 0 Å². The summed E-state index contributed by atoms with van der Waals surface area (Å²) in [5.41, 5.74) is 3.34. The van der Waals surface area contributed by atoms with Crippen LogP contribution in [0.1, 0.15) is 18.3 Å². The van der Waals surface area contributed by atoms with Crippen LogP contribution in [0.3, 0.4) is 0 Å². The maximum Gasteiger partial charge on any atom is 0.216 e. The number of aliphatic hydroxyl groups is 1. The Hall–Kier alpha value is -2.34. The van der Waals surface area contributed by atoms with E-state index < -0.39 is 6.10 Å². The van der Waals surface area contributed by atoms with Gasteiger partial charge in [0, 0.05) is 44.5 Å². The molecule has 0 unspecified atom stereocenters. The maximum atomic E-state index is 10.8. The number of carbonyl (C=O) groups is 1. The fraction of sp³-hybridized carbons (Fsp3) is 0.333. The number of hydrogen-bond donors (Lipinski definition) is 3. The molecule has 0 radical (unpaired) electrons. The van der Waals surface area contributed by atoms with E-state index in [2.05, 4.69) is 32.3 Å². The highest BCUT2D eigenvalue weighted by molar-refractivity contribution is 5.72. The van der Waals surface area contributed by atoms with Gasteiger partial charge in [-0.2, -0.15) is 0 Å². The molecular weight excluding hydrogens is 268 g/mol. The van der Waals surface area contributed by atoms with Crippen LogP contribution in [-0.2, 0) is 11.2 Å². The number of fused-ring (bicyclic) bond motifs is 3. The lowest BCUT2D eigenvalue weighted by Crippen LogP contribution is -2.34. The van der Waals surface area contributed by atoms with Crippen molar-refractivity contribution in [3.63, 3.8) is 0 Å². The monoisotopic (exact) mass is 286 g/mol. The second-order valence-corrected chi connectivity index (χ2v) is 5.21. The first-order valence-corrected chi connectivity index (χ1v) is 6.95. The Morgan fingerprint density at radius 3 is 3.14 bits per heavy atom. The fourth-order valence-corrected chi connectivity index (χ4v) is 2.50. The number of aliphatic hydroxyl groups excluding tert-OH is 1. The molecule has 6 heteroatoms. The van der Waals surface area contributed by atoms with Gasteiger partial charge in [-0.3, -0.25) is 4.79 Å². The molecule has 0 saturated carbocycles. The molecule has 1 aliphatic rings. The van der Waals surface area contributed by atoms with E-state index >= 15 is 0 Å². The number of benzene rings is 1. The molecule has 110 valence electrons. The van der Waals surface area contributed by atoms with Crippen LogP contribution in [0.25, 0.3) is 5.69 Å². The molecule has 2 aromatic rings. The minimum atomic E-state index is -0.613. The highest BCUT2D eigenvalue weighted by atomic mass is 16.3. The highest BCUT2D eigenvalue weighted by Crippen LogP contribution is 2.28. The molecule has 1 aliphatic heterocycles. The fourth-order valence-electron chi connectivity index (χ4n) is 2.50. The van der Waals surface area contributed by atoms with Crippen molar-refractivity contribution in [1.29, 1.82) is 0 Å². The van der Waals surface area contributed by atoms with Crippen LogP contribution in [-0.4, -0.2) is 39.8 Å². The van der Waals surface area contributed by atoms with Crippen molar-refractivity contribution < 1.29 is 9.90 Å². The molecule has 1 aromatic carbocycles. The number of aromatic nitrogens is 2. The molecule has 1 atom stereocenters. The quantitative estimate of drug-likeness (QED) is 0.644. The smallest absolute Gasteiger partial charge is 0.216 e. The van der Waals surface area contributed by atoms with Gasteiger partial charge in [-0.25, -0.2) is 4.98 Å². The molecular formula is C15H18N4O2. The number of nitrogens with zero attached hydrogens (tertiary/aromatic N) is 2. The summed E-state index contributed by atoms with van der Waals surface area (Å²) in [6.07, 6.45) is 3.98. The molecule has 6 nitrogen and oxygen atoms in total. The van der Waals surface area contributed by atoms with E-state index in [9.17, 15) is 9.90 Å². The van der Waals surface area contributed by atoms with Crippen LogP contribution < -0.4 is 10.6 Å². The largest absolute Gasteiger partial charge is 0.389 e. The topological polar surface area (TPSA) is 79.2 Å². The van der Waals surface area contributed by atoms with Crippen LogP contribution >= 0.6 is 0 Å². The van der Waals surface area contributed by atoms with Gasteiger partial charge in [0.2, 0.25) is 5.91 Å². The molecule has 2 heterocycles. The number of imidazole rings is 1. The number of nitrogens with one attached hydrogen (secondary N) is 2. The van der Waals surface area contributed by atoms with Gasteiger partial charge >= 0.3 is 0 Å². The molecule has 0 saturated heterocycles. The van der Waals surface area contributed by atoms with Crippen molar-refractivity contribution in [2.45, 2.75) is 19.4 Å². The molecule has 21 heavy (non-hydrogen) atoms. The van der Waals surface area contributed by atoms with Gasteiger partial charge in [0.05, 0.1) is 11.8 Å². The van der Waals surface area contributed by atoms with Gasteiger partial charge in [0.15, 0.2) is 0 Å². The zero-order valence-electron chi connectivity index (χ0n) is 11.8. The van der Waals surface area contributed by atoms with Crippen molar-refractivity contribution in [1.82, 2.24) is 14.9 Å². The first-order chi connectivity index (χ1) is 10.1. The van der Waals surface area contributed by atoms with Crippen LogP contribution in [0, 0.1) is 0 Å². The number of anilines is 1. The van der Waals surface area contributed by atoms with Crippen molar-refractivity contribution in [2.24, 2.45) is 0 Å². The number of amides is 1. The van der Waals surface area contributed by atoms with E-state index in [4.69, 9.17) is 0 Å². The number of hydrogen-bond acceptors (Lipinski definition) is 4. The van der Waals surface area contributed by atoms with E-state index in [0.717, 1.165) is 23.6 Å². The Labute approximate surface area is 122 Å². The lowest BCUT2D eigenvalue weighted by atomic mass is 10.1. The second kappa shape index (κ2) is 5.57. The Balaban J connectivity index is 1.60.